The van der Waals surface area contributed by atoms with Crippen LogP contribution < -0.4 is 10.2 Å². The lowest BCUT2D eigenvalue weighted by atomic mass is 10.0. The maximum atomic E-state index is 12.0. The van der Waals surface area contributed by atoms with Crippen molar-refractivity contribution in [2.75, 3.05) is 11.4 Å². The molecule has 0 aromatic heterocycles. The average Bonchev–Trinajstić information content (AvgIpc) is 2.45. The second-order valence-electron chi connectivity index (χ2n) is 6.96. The van der Waals surface area contributed by atoms with Crippen LogP contribution in [0.3, 0.4) is 0 Å². The summed E-state index contributed by atoms with van der Waals surface area (Å²) in [7, 11) is 0. The van der Waals surface area contributed by atoms with Crippen molar-refractivity contribution in [2.45, 2.75) is 52.6 Å². The third kappa shape index (κ3) is 4.81. The third-order valence-electron chi connectivity index (χ3n) is 3.66. The number of ether oxygens (including phenoxy) is 1. The van der Waals surface area contributed by atoms with E-state index in [2.05, 4.69) is 5.32 Å². The second-order valence-corrected chi connectivity index (χ2v) is 6.96. The molecular formula is C18H24N2O4. The number of anilines is 1. The fourth-order valence-electron chi connectivity index (χ4n) is 2.53. The van der Waals surface area contributed by atoms with Crippen LogP contribution in [-0.4, -0.2) is 30.1 Å². The summed E-state index contributed by atoms with van der Waals surface area (Å²) in [5.41, 5.74) is 2.17. The van der Waals surface area contributed by atoms with Crippen molar-refractivity contribution in [3.8, 4) is 0 Å². The molecule has 1 aliphatic heterocycles. The highest BCUT2D eigenvalue weighted by molar-refractivity contribution is 6.05. The van der Waals surface area contributed by atoms with Gasteiger partial charge in [0.15, 0.2) is 0 Å². The van der Waals surface area contributed by atoms with Gasteiger partial charge in [0.05, 0.1) is 0 Å². The molecule has 0 bridgehead atoms. The van der Waals surface area contributed by atoms with E-state index in [1.54, 1.807) is 4.90 Å². The van der Waals surface area contributed by atoms with Crippen LogP contribution in [0.25, 0.3) is 0 Å². The summed E-state index contributed by atoms with van der Waals surface area (Å²) >= 11 is 0. The largest absolute Gasteiger partial charge is 0.460 e. The number of carbonyl (C=O) groups excluding carboxylic acids is 3. The lowest BCUT2D eigenvalue weighted by molar-refractivity contribution is -0.154. The van der Waals surface area contributed by atoms with Crippen LogP contribution in [0.1, 0.15) is 44.7 Å². The summed E-state index contributed by atoms with van der Waals surface area (Å²) in [4.78, 5) is 36.7. The molecule has 1 N–H and O–H groups in total. The van der Waals surface area contributed by atoms with Gasteiger partial charge in [-0.05, 0) is 51.3 Å². The average molecular weight is 332 g/mol. The Labute approximate surface area is 142 Å². The molecule has 0 atom stereocenters. The predicted octanol–water partition coefficient (Wildman–Crippen LogP) is 2.72. The number of esters is 1. The van der Waals surface area contributed by atoms with E-state index in [-0.39, 0.29) is 24.7 Å². The van der Waals surface area contributed by atoms with E-state index in [1.165, 1.54) is 0 Å². The van der Waals surface area contributed by atoms with Gasteiger partial charge in [0, 0.05) is 25.1 Å². The smallest absolute Gasteiger partial charge is 0.328 e. The van der Waals surface area contributed by atoms with Gasteiger partial charge in [0.2, 0.25) is 5.91 Å². The van der Waals surface area contributed by atoms with Crippen LogP contribution >= 0.6 is 0 Å². The number of hydrogen-bond acceptors (Lipinski definition) is 4. The quantitative estimate of drug-likeness (QED) is 0.860. The molecule has 0 saturated carbocycles. The van der Waals surface area contributed by atoms with Gasteiger partial charge in [-0.15, -0.1) is 0 Å². The van der Waals surface area contributed by atoms with Crippen LogP contribution in [0.4, 0.5) is 10.5 Å². The van der Waals surface area contributed by atoms with E-state index in [9.17, 15) is 14.4 Å². The Morgan fingerprint density at radius 3 is 2.62 bits per heavy atom. The molecule has 6 nitrogen and oxygen atoms in total. The summed E-state index contributed by atoms with van der Waals surface area (Å²) in [5, 5.41) is 2.32. The van der Waals surface area contributed by atoms with Crippen molar-refractivity contribution in [2.24, 2.45) is 0 Å². The zero-order valence-corrected chi connectivity index (χ0v) is 14.6. The minimum absolute atomic E-state index is 0.245. The van der Waals surface area contributed by atoms with Crippen LogP contribution in [0, 0.1) is 6.92 Å². The number of hydrogen-bond donors (Lipinski definition) is 1. The Hall–Kier alpha value is -2.37. The Morgan fingerprint density at radius 1 is 1.29 bits per heavy atom. The van der Waals surface area contributed by atoms with Gasteiger partial charge >= 0.3 is 12.0 Å². The first-order chi connectivity index (χ1) is 11.2. The molecule has 1 fully saturated rings. The number of amides is 3. The molecule has 1 aliphatic rings. The van der Waals surface area contributed by atoms with Crippen molar-refractivity contribution in [3.05, 3.63) is 29.3 Å². The lowest BCUT2D eigenvalue weighted by Gasteiger charge is -2.28. The minimum atomic E-state index is -0.492. The minimum Gasteiger partial charge on any atom is -0.460 e. The normalized spacial score (nSPS) is 15.2. The molecule has 1 heterocycles. The molecule has 1 saturated heterocycles. The zero-order valence-electron chi connectivity index (χ0n) is 14.6. The number of rotatable bonds is 4. The number of imide groups is 1. The number of nitrogens with one attached hydrogen (secondary N) is 1. The Bertz CT molecular complexity index is 661. The molecule has 3 amide bonds. The molecule has 2 rings (SSSR count). The summed E-state index contributed by atoms with van der Waals surface area (Å²) in [6.07, 6.45) is 1.11. The van der Waals surface area contributed by atoms with Gasteiger partial charge < -0.3 is 4.74 Å². The SMILES string of the molecule is Cc1ccc(CCC(=O)OC(C)(C)C)cc1N1CCC(=O)NC1=O. The highest BCUT2D eigenvalue weighted by Gasteiger charge is 2.25. The molecular weight excluding hydrogens is 308 g/mol. The fourth-order valence-corrected chi connectivity index (χ4v) is 2.53. The number of carbonyl (C=O) groups is 3. The summed E-state index contributed by atoms with van der Waals surface area (Å²) in [5.74, 6) is -0.499. The molecule has 24 heavy (non-hydrogen) atoms. The highest BCUT2D eigenvalue weighted by Crippen LogP contribution is 2.24. The topological polar surface area (TPSA) is 75.7 Å². The number of aryl methyl sites for hydroxylation is 2. The number of benzene rings is 1. The van der Waals surface area contributed by atoms with E-state index in [1.807, 2.05) is 45.9 Å². The monoisotopic (exact) mass is 332 g/mol. The van der Waals surface area contributed by atoms with Crippen LogP contribution in [0.15, 0.2) is 18.2 Å². The Balaban J connectivity index is 2.07. The molecule has 0 spiro atoms. The first kappa shape index (κ1) is 18.0. The molecule has 1 aromatic carbocycles. The van der Waals surface area contributed by atoms with Crippen molar-refractivity contribution < 1.29 is 19.1 Å². The zero-order chi connectivity index (χ0) is 17.9. The Morgan fingerprint density at radius 2 is 2.00 bits per heavy atom. The molecule has 1 aromatic rings. The fraction of sp³-hybridized carbons (Fsp3) is 0.500. The Kier molecular flexibility index (Phi) is 5.26. The van der Waals surface area contributed by atoms with Crippen molar-refractivity contribution in [3.63, 3.8) is 0 Å². The van der Waals surface area contributed by atoms with E-state index < -0.39 is 11.6 Å². The van der Waals surface area contributed by atoms with Gasteiger partial charge in [0.25, 0.3) is 0 Å². The highest BCUT2D eigenvalue weighted by atomic mass is 16.6. The molecule has 0 unspecified atom stereocenters. The summed E-state index contributed by atoms with van der Waals surface area (Å²) < 4.78 is 5.31. The van der Waals surface area contributed by atoms with Gasteiger partial charge in [-0.3, -0.25) is 19.8 Å². The summed E-state index contributed by atoms with van der Waals surface area (Å²) in [6.45, 7) is 7.79. The van der Waals surface area contributed by atoms with Crippen LogP contribution in [0.2, 0.25) is 0 Å². The summed E-state index contributed by atoms with van der Waals surface area (Å²) in [6, 6.07) is 5.35. The predicted molar refractivity (Wildman–Crippen MR) is 90.8 cm³/mol. The van der Waals surface area contributed by atoms with Gasteiger partial charge in [0.1, 0.15) is 5.60 Å². The number of nitrogens with zero attached hydrogens (tertiary/aromatic N) is 1. The maximum Gasteiger partial charge on any atom is 0.328 e. The van der Waals surface area contributed by atoms with E-state index in [0.717, 1.165) is 16.8 Å². The second kappa shape index (κ2) is 7.03. The van der Waals surface area contributed by atoms with E-state index >= 15 is 0 Å². The van der Waals surface area contributed by atoms with Gasteiger partial charge in [-0.1, -0.05) is 12.1 Å². The van der Waals surface area contributed by atoms with E-state index in [0.29, 0.717) is 13.0 Å². The van der Waals surface area contributed by atoms with Crippen molar-refractivity contribution in [1.82, 2.24) is 5.32 Å². The maximum absolute atomic E-state index is 12.0. The standard InChI is InChI=1S/C18H24N2O4/c1-12-5-6-13(7-8-16(22)24-18(2,3)4)11-14(12)20-10-9-15(21)19-17(20)23/h5-6,11H,7-10H2,1-4H3,(H,19,21,23). The van der Waals surface area contributed by atoms with Gasteiger partial charge in [-0.2, -0.15) is 0 Å². The third-order valence-corrected chi connectivity index (χ3v) is 3.66. The molecule has 0 radical (unpaired) electrons. The van der Waals surface area contributed by atoms with Crippen LogP contribution in [0.5, 0.6) is 0 Å². The molecule has 6 heteroatoms. The number of urea groups is 1. The van der Waals surface area contributed by atoms with Crippen LogP contribution in [-0.2, 0) is 20.7 Å². The van der Waals surface area contributed by atoms with Gasteiger partial charge in [-0.25, -0.2) is 4.79 Å². The van der Waals surface area contributed by atoms with E-state index in [4.69, 9.17) is 4.74 Å². The lowest BCUT2D eigenvalue weighted by Crippen LogP contribution is -2.49. The van der Waals surface area contributed by atoms with Crippen molar-refractivity contribution in [1.29, 1.82) is 0 Å². The molecule has 0 aliphatic carbocycles. The molecule has 130 valence electrons. The first-order valence-corrected chi connectivity index (χ1v) is 8.08. The first-order valence-electron chi connectivity index (χ1n) is 8.08. The van der Waals surface area contributed by atoms with Crippen molar-refractivity contribution >= 4 is 23.6 Å².